The van der Waals surface area contributed by atoms with Crippen LogP contribution in [0.15, 0.2) is 24.3 Å². The molecule has 3 rings (SSSR count). The van der Waals surface area contributed by atoms with Crippen molar-refractivity contribution in [1.82, 2.24) is 15.5 Å². The zero-order valence-electron chi connectivity index (χ0n) is 14.6. The van der Waals surface area contributed by atoms with Crippen molar-refractivity contribution in [2.45, 2.75) is 44.4 Å². The van der Waals surface area contributed by atoms with Gasteiger partial charge < -0.3 is 15.7 Å². The number of β-amino-alcohol motifs (C(OH)–C–C–N with tert-alkyl or cyclic N) is 1. The SMILES string of the molecule is Cc1ccc(C(CNC(=O)C2CC(O)CN2)N2CCCC2)cc1.Cl.Cl. The van der Waals surface area contributed by atoms with E-state index in [1.807, 2.05) is 0 Å². The molecule has 0 bridgehead atoms. The lowest BCUT2D eigenvalue weighted by Gasteiger charge is -2.28. The maximum absolute atomic E-state index is 12.3. The fourth-order valence-corrected chi connectivity index (χ4v) is 3.54. The molecule has 2 saturated heterocycles. The van der Waals surface area contributed by atoms with Gasteiger partial charge in [0, 0.05) is 13.1 Å². The summed E-state index contributed by atoms with van der Waals surface area (Å²) >= 11 is 0. The van der Waals surface area contributed by atoms with E-state index in [0.29, 0.717) is 19.5 Å². The maximum atomic E-state index is 12.3. The standard InChI is InChI=1S/C18H27N3O2.2ClH/c1-13-4-6-14(7-5-13)17(21-8-2-3-9-21)12-20-18(23)16-10-15(22)11-19-16;;/h4-7,15-17,19,22H,2-3,8-12H2,1H3,(H,20,23);2*1H. The molecule has 2 aliphatic rings. The van der Waals surface area contributed by atoms with E-state index in [4.69, 9.17) is 0 Å². The number of carbonyl (C=O) groups is 1. The van der Waals surface area contributed by atoms with E-state index < -0.39 is 6.10 Å². The fraction of sp³-hybridized carbons (Fsp3) is 0.611. The van der Waals surface area contributed by atoms with Crippen LogP contribution < -0.4 is 10.6 Å². The van der Waals surface area contributed by atoms with E-state index in [0.717, 1.165) is 13.1 Å². The first-order valence-corrected chi connectivity index (χ1v) is 8.63. The van der Waals surface area contributed by atoms with Crippen LogP contribution in [0.25, 0.3) is 0 Å². The summed E-state index contributed by atoms with van der Waals surface area (Å²) in [6, 6.07) is 8.57. The van der Waals surface area contributed by atoms with Crippen LogP contribution >= 0.6 is 24.8 Å². The number of nitrogens with zero attached hydrogens (tertiary/aromatic N) is 1. The molecular formula is C18H29Cl2N3O2. The third-order valence-electron chi connectivity index (χ3n) is 4.94. The number of amides is 1. The molecule has 3 N–H and O–H groups in total. The van der Waals surface area contributed by atoms with Gasteiger partial charge in [-0.05, 0) is 44.8 Å². The first-order chi connectivity index (χ1) is 11.1. The monoisotopic (exact) mass is 389 g/mol. The van der Waals surface area contributed by atoms with Crippen molar-refractivity contribution < 1.29 is 9.90 Å². The number of halogens is 2. The van der Waals surface area contributed by atoms with Crippen molar-refractivity contribution in [3.8, 4) is 0 Å². The Kier molecular flexibility index (Phi) is 9.17. The van der Waals surface area contributed by atoms with Gasteiger partial charge in [0.25, 0.3) is 0 Å². The molecule has 0 radical (unpaired) electrons. The van der Waals surface area contributed by atoms with Gasteiger partial charge in [0.2, 0.25) is 5.91 Å². The fourth-order valence-electron chi connectivity index (χ4n) is 3.54. The van der Waals surface area contributed by atoms with Gasteiger partial charge in [0.15, 0.2) is 0 Å². The molecule has 1 aromatic carbocycles. The zero-order chi connectivity index (χ0) is 16.2. The predicted molar refractivity (Wildman–Crippen MR) is 105 cm³/mol. The summed E-state index contributed by atoms with van der Waals surface area (Å²) in [4.78, 5) is 14.8. The number of likely N-dealkylation sites (tertiary alicyclic amines) is 1. The third kappa shape index (κ3) is 5.83. The summed E-state index contributed by atoms with van der Waals surface area (Å²) in [5.74, 6) is -0.00198. The Balaban J connectivity index is 0.00000156. The summed E-state index contributed by atoms with van der Waals surface area (Å²) in [5, 5.41) is 15.7. The average molecular weight is 390 g/mol. The number of hydrogen-bond acceptors (Lipinski definition) is 4. The number of hydrogen-bond donors (Lipinski definition) is 3. The molecule has 1 aromatic rings. The summed E-state index contributed by atoms with van der Waals surface area (Å²) in [5.41, 5.74) is 2.51. The van der Waals surface area contributed by atoms with Crippen molar-refractivity contribution in [3.05, 3.63) is 35.4 Å². The van der Waals surface area contributed by atoms with E-state index in [1.54, 1.807) is 0 Å². The van der Waals surface area contributed by atoms with Crippen LogP contribution in [0.1, 0.15) is 36.4 Å². The van der Waals surface area contributed by atoms with Crippen LogP contribution in [0.5, 0.6) is 0 Å². The number of nitrogens with one attached hydrogen (secondary N) is 2. The molecule has 0 aromatic heterocycles. The second-order valence-electron chi connectivity index (χ2n) is 6.77. The molecule has 1 amide bonds. The van der Waals surface area contributed by atoms with Crippen LogP contribution in [0.3, 0.4) is 0 Å². The Bertz CT molecular complexity index is 536. The van der Waals surface area contributed by atoms with E-state index in [9.17, 15) is 9.90 Å². The minimum absolute atomic E-state index is 0. The highest BCUT2D eigenvalue weighted by Gasteiger charge is 2.29. The predicted octanol–water partition coefficient (Wildman–Crippen LogP) is 1.81. The lowest BCUT2D eigenvalue weighted by molar-refractivity contribution is -0.123. The summed E-state index contributed by atoms with van der Waals surface area (Å²) in [6.07, 6.45) is 2.56. The molecule has 0 aliphatic carbocycles. The molecule has 2 fully saturated rings. The minimum atomic E-state index is -0.405. The number of aliphatic hydroxyl groups excluding tert-OH is 1. The van der Waals surface area contributed by atoms with Gasteiger partial charge in [0.05, 0.1) is 18.2 Å². The van der Waals surface area contributed by atoms with Gasteiger partial charge in [-0.25, -0.2) is 0 Å². The van der Waals surface area contributed by atoms with Gasteiger partial charge in [-0.2, -0.15) is 0 Å². The average Bonchev–Trinajstić information content (AvgIpc) is 3.21. The van der Waals surface area contributed by atoms with Gasteiger partial charge in [-0.15, -0.1) is 24.8 Å². The topological polar surface area (TPSA) is 64.6 Å². The van der Waals surface area contributed by atoms with Crippen molar-refractivity contribution in [3.63, 3.8) is 0 Å². The number of aryl methyl sites for hydroxylation is 1. The van der Waals surface area contributed by atoms with Crippen LogP contribution in [0, 0.1) is 6.92 Å². The van der Waals surface area contributed by atoms with E-state index >= 15 is 0 Å². The molecule has 7 heteroatoms. The van der Waals surface area contributed by atoms with Crippen LogP contribution in [0.2, 0.25) is 0 Å². The summed E-state index contributed by atoms with van der Waals surface area (Å²) in [7, 11) is 0. The normalized spacial score (nSPS) is 24.2. The first-order valence-electron chi connectivity index (χ1n) is 8.63. The molecule has 0 spiro atoms. The molecule has 25 heavy (non-hydrogen) atoms. The minimum Gasteiger partial charge on any atom is -0.392 e. The number of carbonyl (C=O) groups excluding carboxylic acids is 1. The third-order valence-corrected chi connectivity index (χ3v) is 4.94. The van der Waals surface area contributed by atoms with Crippen LogP contribution in [-0.4, -0.2) is 54.2 Å². The second kappa shape index (κ2) is 10.3. The molecule has 2 heterocycles. The van der Waals surface area contributed by atoms with Crippen molar-refractivity contribution in [1.29, 1.82) is 0 Å². The number of benzene rings is 1. The molecule has 3 atom stereocenters. The molecular weight excluding hydrogens is 361 g/mol. The van der Waals surface area contributed by atoms with Gasteiger partial charge in [0.1, 0.15) is 0 Å². The Morgan fingerprint density at radius 3 is 2.48 bits per heavy atom. The van der Waals surface area contributed by atoms with Crippen molar-refractivity contribution in [2.75, 3.05) is 26.2 Å². The number of rotatable bonds is 5. The highest BCUT2D eigenvalue weighted by atomic mass is 35.5. The Morgan fingerprint density at radius 1 is 1.28 bits per heavy atom. The quantitative estimate of drug-likeness (QED) is 0.718. The Hall–Kier alpha value is -0.850. The Morgan fingerprint density at radius 2 is 1.92 bits per heavy atom. The second-order valence-corrected chi connectivity index (χ2v) is 6.77. The molecule has 5 nitrogen and oxygen atoms in total. The van der Waals surface area contributed by atoms with E-state index in [1.165, 1.54) is 24.0 Å². The van der Waals surface area contributed by atoms with E-state index in [2.05, 4.69) is 46.7 Å². The van der Waals surface area contributed by atoms with Gasteiger partial charge in [-0.3, -0.25) is 9.69 Å². The molecule has 3 unspecified atom stereocenters. The van der Waals surface area contributed by atoms with Crippen LogP contribution in [0.4, 0.5) is 0 Å². The van der Waals surface area contributed by atoms with Gasteiger partial charge >= 0.3 is 0 Å². The first kappa shape index (κ1) is 22.2. The van der Waals surface area contributed by atoms with Crippen molar-refractivity contribution >= 4 is 30.7 Å². The zero-order valence-corrected chi connectivity index (χ0v) is 16.2. The van der Waals surface area contributed by atoms with Crippen molar-refractivity contribution in [2.24, 2.45) is 0 Å². The van der Waals surface area contributed by atoms with Gasteiger partial charge in [-0.1, -0.05) is 29.8 Å². The summed E-state index contributed by atoms with van der Waals surface area (Å²) < 4.78 is 0. The largest absolute Gasteiger partial charge is 0.392 e. The lowest BCUT2D eigenvalue weighted by atomic mass is 10.0. The maximum Gasteiger partial charge on any atom is 0.237 e. The van der Waals surface area contributed by atoms with Crippen LogP contribution in [-0.2, 0) is 4.79 Å². The Labute approximate surface area is 162 Å². The highest BCUT2D eigenvalue weighted by Crippen LogP contribution is 2.25. The summed E-state index contributed by atoms with van der Waals surface area (Å²) in [6.45, 7) is 5.40. The lowest BCUT2D eigenvalue weighted by Crippen LogP contribution is -2.44. The molecule has 142 valence electrons. The molecule has 0 saturated carbocycles. The molecule has 2 aliphatic heterocycles. The number of aliphatic hydroxyl groups is 1. The van der Waals surface area contributed by atoms with E-state index in [-0.39, 0.29) is 42.8 Å². The highest BCUT2D eigenvalue weighted by molar-refractivity contribution is 5.85. The smallest absolute Gasteiger partial charge is 0.237 e.